The quantitative estimate of drug-likeness (QED) is 0.219. The van der Waals surface area contributed by atoms with Crippen LogP contribution in [0, 0.1) is 0 Å². The van der Waals surface area contributed by atoms with E-state index in [2.05, 4.69) is 25.6 Å². The second kappa shape index (κ2) is 12.0. The van der Waals surface area contributed by atoms with Crippen LogP contribution in [0.25, 0.3) is 5.82 Å². The summed E-state index contributed by atoms with van der Waals surface area (Å²) in [5, 5.41) is 6.53. The maximum absolute atomic E-state index is 5.69. The number of imidazole rings is 1. The Morgan fingerprint density at radius 2 is 2.00 bits per heavy atom. The van der Waals surface area contributed by atoms with Crippen molar-refractivity contribution < 1.29 is 4.74 Å². The molecule has 2 aromatic heterocycles. The zero-order chi connectivity index (χ0) is 18.7. The highest BCUT2D eigenvalue weighted by molar-refractivity contribution is 14.0. The van der Waals surface area contributed by atoms with Gasteiger partial charge in [0.25, 0.3) is 0 Å². The number of hydrogen-bond donors (Lipinski definition) is 2. The first kappa shape index (κ1) is 21.7. The number of aromatic nitrogens is 3. The monoisotopic (exact) mass is 492 g/mol. The lowest BCUT2D eigenvalue weighted by molar-refractivity contribution is 0.322. The molecule has 0 saturated heterocycles. The second-order valence-corrected chi connectivity index (χ2v) is 5.78. The van der Waals surface area contributed by atoms with E-state index in [1.165, 1.54) is 0 Å². The fourth-order valence-electron chi connectivity index (χ4n) is 2.46. The lowest BCUT2D eigenvalue weighted by Gasteiger charge is -2.12. The molecule has 0 spiro atoms. The van der Waals surface area contributed by atoms with Crippen LogP contribution in [-0.2, 0) is 6.54 Å². The molecule has 1 aromatic carbocycles. The summed E-state index contributed by atoms with van der Waals surface area (Å²) in [6, 6.07) is 13.8. The van der Waals surface area contributed by atoms with Crippen LogP contribution in [0.2, 0.25) is 0 Å². The van der Waals surface area contributed by atoms with Gasteiger partial charge in [0.1, 0.15) is 24.5 Å². The molecule has 0 fully saturated rings. The number of halogens is 1. The average Bonchev–Trinajstić information content (AvgIpc) is 3.25. The molecule has 0 aliphatic rings. The number of aliphatic imine (C=N–C) groups is 1. The molecular formula is C20H25IN6O. The standard InChI is InChI=1S/C20H24N6O.HI/c1-2-22-20(24-11-13-27-18-6-4-3-5-7-18)25-15-17-8-9-23-19(14-17)26-12-10-21-16-26;/h3-10,12,14,16H,2,11,13,15H2,1H3,(H2,22,24,25);1H. The Morgan fingerprint density at radius 3 is 2.75 bits per heavy atom. The summed E-state index contributed by atoms with van der Waals surface area (Å²) in [7, 11) is 0. The molecule has 0 bridgehead atoms. The van der Waals surface area contributed by atoms with Crippen LogP contribution in [-0.4, -0.2) is 40.2 Å². The van der Waals surface area contributed by atoms with Gasteiger partial charge in [-0.2, -0.15) is 0 Å². The summed E-state index contributed by atoms with van der Waals surface area (Å²) in [6.45, 7) is 4.62. The van der Waals surface area contributed by atoms with Crippen LogP contribution in [0.15, 0.2) is 72.4 Å². The third kappa shape index (κ3) is 6.84. The molecule has 2 N–H and O–H groups in total. The number of pyridine rings is 1. The van der Waals surface area contributed by atoms with E-state index in [9.17, 15) is 0 Å². The van der Waals surface area contributed by atoms with Gasteiger partial charge in [-0.15, -0.1) is 24.0 Å². The molecule has 28 heavy (non-hydrogen) atoms. The highest BCUT2D eigenvalue weighted by atomic mass is 127. The topological polar surface area (TPSA) is 76.4 Å². The third-order valence-electron chi connectivity index (χ3n) is 3.75. The molecule has 0 aliphatic carbocycles. The number of guanidine groups is 1. The van der Waals surface area contributed by atoms with Gasteiger partial charge in [0.15, 0.2) is 5.96 Å². The van der Waals surface area contributed by atoms with E-state index in [-0.39, 0.29) is 24.0 Å². The maximum atomic E-state index is 5.69. The van der Waals surface area contributed by atoms with E-state index >= 15 is 0 Å². The van der Waals surface area contributed by atoms with Gasteiger partial charge in [0, 0.05) is 25.1 Å². The van der Waals surface area contributed by atoms with Crippen LogP contribution in [0.4, 0.5) is 0 Å². The van der Waals surface area contributed by atoms with Crippen molar-refractivity contribution in [2.75, 3.05) is 19.7 Å². The summed E-state index contributed by atoms with van der Waals surface area (Å²) < 4.78 is 7.56. The van der Waals surface area contributed by atoms with Crippen molar-refractivity contribution in [2.45, 2.75) is 13.5 Å². The van der Waals surface area contributed by atoms with E-state index < -0.39 is 0 Å². The van der Waals surface area contributed by atoms with Crippen molar-refractivity contribution in [3.63, 3.8) is 0 Å². The van der Waals surface area contributed by atoms with E-state index in [4.69, 9.17) is 4.74 Å². The normalized spacial score (nSPS) is 10.8. The first-order valence-electron chi connectivity index (χ1n) is 8.98. The predicted octanol–water partition coefficient (Wildman–Crippen LogP) is 3.02. The average molecular weight is 492 g/mol. The summed E-state index contributed by atoms with van der Waals surface area (Å²) in [4.78, 5) is 13.1. The Balaban J connectivity index is 0.00000280. The minimum absolute atomic E-state index is 0. The van der Waals surface area contributed by atoms with Crippen LogP contribution in [0.3, 0.4) is 0 Å². The highest BCUT2D eigenvalue weighted by Gasteiger charge is 2.01. The zero-order valence-corrected chi connectivity index (χ0v) is 18.1. The molecule has 0 radical (unpaired) electrons. The van der Waals surface area contributed by atoms with Crippen LogP contribution in [0.5, 0.6) is 5.75 Å². The maximum Gasteiger partial charge on any atom is 0.191 e. The molecule has 0 atom stereocenters. The Labute approximate surface area is 182 Å². The largest absolute Gasteiger partial charge is 0.492 e. The minimum Gasteiger partial charge on any atom is -0.492 e. The van der Waals surface area contributed by atoms with Crippen molar-refractivity contribution in [3.8, 4) is 11.6 Å². The van der Waals surface area contributed by atoms with Crippen molar-refractivity contribution in [1.29, 1.82) is 0 Å². The predicted molar refractivity (Wildman–Crippen MR) is 122 cm³/mol. The molecule has 148 valence electrons. The van der Waals surface area contributed by atoms with Gasteiger partial charge >= 0.3 is 0 Å². The number of nitrogens with zero attached hydrogens (tertiary/aromatic N) is 4. The second-order valence-electron chi connectivity index (χ2n) is 5.78. The van der Waals surface area contributed by atoms with Crippen LogP contribution in [0.1, 0.15) is 12.5 Å². The smallest absolute Gasteiger partial charge is 0.191 e. The Bertz CT molecular complexity index is 839. The van der Waals surface area contributed by atoms with E-state index in [0.29, 0.717) is 19.7 Å². The van der Waals surface area contributed by atoms with Gasteiger partial charge in [-0.3, -0.25) is 4.57 Å². The number of para-hydroxylation sites is 1. The first-order valence-corrected chi connectivity index (χ1v) is 8.98. The summed E-state index contributed by atoms with van der Waals surface area (Å²) in [5.74, 6) is 2.45. The SMILES string of the molecule is CCNC(=NCc1ccnc(-n2ccnc2)c1)NCCOc1ccccc1.I. The molecule has 0 saturated carbocycles. The van der Waals surface area contributed by atoms with Gasteiger partial charge in [0.2, 0.25) is 0 Å². The molecule has 7 nitrogen and oxygen atoms in total. The lowest BCUT2D eigenvalue weighted by atomic mass is 10.2. The number of rotatable bonds is 8. The van der Waals surface area contributed by atoms with Crippen LogP contribution < -0.4 is 15.4 Å². The third-order valence-corrected chi connectivity index (χ3v) is 3.75. The van der Waals surface area contributed by atoms with Gasteiger partial charge in [-0.25, -0.2) is 15.0 Å². The van der Waals surface area contributed by atoms with E-state index in [1.807, 2.05) is 60.2 Å². The van der Waals surface area contributed by atoms with Crippen molar-refractivity contribution >= 4 is 29.9 Å². The van der Waals surface area contributed by atoms with E-state index in [0.717, 1.165) is 29.6 Å². The summed E-state index contributed by atoms with van der Waals surface area (Å²) >= 11 is 0. The summed E-state index contributed by atoms with van der Waals surface area (Å²) in [6.07, 6.45) is 7.12. The van der Waals surface area contributed by atoms with Gasteiger partial charge in [0.05, 0.1) is 13.1 Å². The number of hydrogen-bond acceptors (Lipinski definition) is 4. The van der Waals surface area contributed by atoms with Crippen LogP contribution >= 0.6 is 24.0 Å². The molecule has 2 heterocycles. The molecule has 3 aromatic rings. The van der Waals surface area contributed by atoms with Gasteiger partial charge in [-0.1, -0.05) is 18.2 Å². The van der Waals surface area contributed by atoms with Crippen molar-refractivity contribution in [1.82, 2.24) is 25.2 Å². The van der Waals surface area contributed by atoms with Gasteiger partial charge < -0.3 is 15.4 Å². The van der Waals surface area contributed by atoms with Crippen molar-refractivity contribution in [3.05, 3.63) is 72.9 Å². The number of benzene rings is 1. The van der Waals surface area contributed by atoms with Gasteiger partial charge in [-0.05, 0) is 36.8 Å². The molecule has 0 unspecified atom stereocenters. The molecule has 8 heteroatoms. The van der Waals surface area contributed by atoms with E-state index in [1.54, 1.807) is 18.7 Å². The summed E-state index contributed by atoms with van der Waals surface area (Å²) in [5.41, 5.74) is 1.08. The Kier molecular flexibility index (Phi) is 9.26. The first-order chi connectivity index (χ1) is 13.3. The number of nitrogens with one attached hydrogen (secondary N) is 2. The molecule has 3 rings (SSSR count). The fourth-order valence-corrected chi connectivity index (χ4v) is 2.46. The zero-order valence-electron chi connectivity index (χ0n) is 15.8. The Morgan fingerprint density at radius 1 is 1.14 bits per heavy atom. The highest BCUT2D eigenvalue weighted by Crippen LogP contribution is 2.08. The van der Waals surface area contributed by atoms with Crippen molar-refractivity contribution in [2.24, 2.45) is 4.99 Å². The Hall–Kier alpha value is -2.62. The minimum atomic E-state index is 0. The molecule has 0 amide bonds. The molecular weight excluding hydrogens is 467 g/mol. The lowest BCUT2D eigenvalue weighted by Crippen LogP contribution is -2.39. The fraction of sp³-hybridized carbons (Fsp3) is 0.250. The number of ether oxygens (including phenoxy) is 1. The molecule has 0 aliphatic heterocycles.